The summed E-state index contributed by atoms with van der Waals surface area (Å²) >= 11 is 0. The first kappa shape index (κ1) is 16.9. The fourth-order valence-electron chi connectivity index (χ4n) is 3.27. The van der Waals surface area contributed by atoms with Gasteiger partial charge >= 0.3 is 5.69 Å². The molecule has 0 fully saturated rings. The Hall–Kier alpha value is -3.55. The maximum atomic E-state index is 11.8. The SMILES string of the molecule is Cc1cccc(Nc2ncnc(N3CCc4ccccc4C3)c2[N+](=O)[O-])n1. The quantitative estimate of drug-likeness (QED) is 0.561. The van der Waals surface area contributed by atoms with Gasteiger partial charge in [0.05, 0.1) is 4.92 Å². The van der Waals surface area contributed by atoms with Crippen LogP contribution in [0.4, 0.5) is 23.1 Å². The summed E-state index contributed by atoms with van der Waals surface area (Å²) < 4.78 is 0. The number of anilines is 3. The molecule has 0 bridgehead atoms. The number of aryl methyl sites for hydroxylation is 1. The lowest BCUT2D eigenvalue weighted by atomic mass is 10.00. The van der Waals surface area contributed by atoms with Crippen molar-refractivity contribution >= 4 is 23.1 Å². The van der Waals surface area contributed by atoms with E-state index in [0.717, 1.165) is 17.7 Å². The molecule has 0 spiro atoms. The van der Waals surface area contributed by atoms with Crippen LogP contribution in [0.15, 0.2) is 48.8 Å². The molecule has 3 heterocycles. The molecule has 1 aromatic carbocycles. The van der Waals surface area contributed by atoms with Crippen LogP contribution in [-0.2, 0) is 13.0 Å². The fourth-order valence-corrected chi connectivity index (χ4v) is 3.27. The van der Waals surface area contributed by atoms with Crippen molar-refractivity contribution in [1.29, 1.82) is 0 Å². The van der Waals surface area contributed by atoms with E-state index in [1.54, 1.807) is 6.07 Å². The second-order valence-corrected chi connectivity index (χ2v) is 6.38. The molecule has 0 aliphatic carbocycles. The number of pyridine rings is 1. The van der Waals surface area contributed by atoms with Crippen LogP contribution in [0.5, 0.6) is 0 Å². The third-order valence-electron chi connectivity index (χ3n) is 4.55. The van der Waals surface area contributed by atoms with Crippen molar-refractivity contribution in [3.8, 4) is 0 Å². The smallest absolute Gasteiger partial charge is 0.346 e. The second-order valence-electron chi connectivity index (χ2n) is 6.38. The zero-order chi connectivity index (χ0) is 18.8. The molecule has 1 aliphatic rings. The molecule has 8 heteroatoms. The first-order valence-corrected chi connectivity index (χ1v) is 8.63. The van der Waals surface area contributed by atoms with E-state index >= 15 is 0 Å². The molecule has 136 valence electrons. The van der Waals surface area contributed by atoms with E-state index in [1.807, 2.05) is 42.2 Å². The van der Waals surface area contributed by atoms with Gasteiger partial charge in [-0.15, -0.1) is 0 Å². The highest BCUT2D eigenvalue weighted by atomic mass is 16.6. The van der Waals surface area contributed by atoms with Gasteiger partial charge in [-0.05, 0) is 36.6 Å². The van der Waals surface area contributed by atoms with E-state index in [1.165, 1.54) is 11.9 Å². The van der Waals surface area contributed by atoms with Gasteiger partial charge in [-0.2, -0.15) is 0 Å². The highest BCUT2D eigenvalue weighted by Crippen LogP contribution is 2.35. The lowest BCUT2D eigenvalue weighted by Crippen LogP contribution is -2.31. The molecule has 0 amide bonds. The standard InChI is InChI=1S/C19H18N6O2/c1-13-5-4-8-16(22-13)23-18-17(25(26)27)19(21-12-20-18)24-10-9-14-6-2-3-7-15(14)11-24/h2-8,12H,9-11H2,1H3,(H,20,21,22,23). The molecule has 1 aliphatic heterocycles. The van der Waals surface area contributed by atoms with Gasteiger partial charge in [-0.25, -0.2) is 15.0 Å². The highest BCUT2D eigenvalue weighted by molar-refractivity contribution is 5.73. The van der Waals surface area contributed by atoms with Crippen LogP contribution in [0.2, 0.25) is 0 Å². The summed E-state index contributed by atoms with van der Waals surface area (Å²) in [5.41, 5.74) is 3.10. The van der Waals surface area contributed by atoms with Crippen molar-refractivity contribution in [2.24, 2.45) is 0 Å². The Balaban J connectivity index is 1.71. The van der Waals surface area contributed by atoms with Crippen molar-refractivity contribution in [3.05, 3.63) is 75.7 Å². The van der Waals surface area contributed by atoms with E-state index in [9.17, 15) is 10.1 Å². The van der Waals surface area contributed by atoms with Crippen LogP contribution in [0, 0.1) is 17.0 Å². The van der Waals surface area contributed by atoms with Crippen LogP contribution in [0.1, 0.15) is 16.8 Å². The lowest BCUT2D eigenvalue weighted by Gasteiger charge is -2.29. The summed E-state index contributed by atoms with van der Waals surface area (Å²) in [6, 6.07) is 13.6. The van der Waals surface area contributed by atoms with Crippen LogP contribution in [-0.4, -0.2) is 26.4 Å². The average Bonchev–Trinajstić information content (AvgIpc) is 2.67. The predicted octanol–water partition coefficient (Wildman–Crippen LogP) is 3.39. The van der Waals surface area contributed by atoms with Crippen LogP contribution < -0.4 is 10.2 Å². The average molecular weight is 362 g/mol. The van der Waals surface area contributed by atoms with Gasteiger partial charge in [-0.3, -0.25) is 10.1 Å². The monoisotopic (exact) mass is 362 g/mol. The molecule has 1 N–H and O–H groups in total. The van der Waals surface area contributed by atoms with E-state index in [2.05, 4.69) is 26.3 Å². The van der Waals surface area contributed by atoms with Gasteiger partial charge in [0.2, 0.25) is 11.6 Å². The minimum absolute atomic E-state index is 0.139. The Bertz CT molecular complexity index is 1010. The van der Waals surface area contributed by atoms with E-state index < -0.39 is 4.92 Å². The molecule has 3 aromatic rings. The number of aromatic nitrogens is 3. The molecule has 0 saturated carbocycles. The molecule has 0 unspecified atom stereocenters. The Kier molecular flexibility index (Phi) is 4.37. The first-order valence-electron chi connectivity index (χ1n) is 8.63. The summed E-state index contributed by atoms with van der Waals surface area (Å²) in [5, 5.41) is 14.8. The Morgan fingerprint density at radius 1 is 1.11 bits per heavy atom. The molecule has 0 radical (unpaired) electrons. The summed E-state index contributed by atoms with van der Waals surface area (Å²) in [7, 11) is 0. The summed E-state index contributed by atoms with van der Waals surface area (Å²) in [4.78, 5) is 26.0. The Labute approximate surface area is 156 Å². The molecule has 27 heavy (non-hydrogen) atoms. The molecule has 2 aromatic heterocycles. The van der Waals surface area contributed by atoms with Crippen molar-refractivity contribution in [2.75, 3.05) is 16.8 Å². The molecule has 4 rings (SSSR count). The second kappa shape index (κ2) is 6.99. The van der Waals surface area contributed by atoms with Crippen molar-refractivity contribution in [2.45, 2.75) is 19.9 Å². The van der Waals surface area contributed by atoms with Crippen LogP contribution >= 0.6 is 0 Å². The number of nitro groups is 1. The topological polar surface area (TPSA) is 97.1 Å². The van der Waals surface area contributed by atoms with E-state index in [0.29, 0.717) is 24.7 Å². The molecule has 8 nitrogen and oxygen atoms in total. The molecule has 0 atom stereocenters. The maximum absolute atomic E-state index is 11.8. The number of nitrogens with zero attached hydrogens (tertiary/aromatic N) is 5. The maximum Gasteiger partial charge on any atom is 0.353 e. The number of hydrogen-bond acceptors (Lipinski definition) is 7. The predicted molar refractivity (Wildman–Crippen MR) is 102 cm³/mol. The van der Waals surface area contributed by atoms with Crippen molar-refractivity contribution in [3.63, 3.8) is 0 Å². The minimum atomic E-state index is -0.437. The highest BCUT2D eigenvalue weighted by Gasteiger charge is 2.29. The first-order chi connectivity index (χ1) is 13.1. The third-order valence-corrected chi connectivity index (χ3v) is 4.55. The fraction of sp³-hybridized carbons (Fsp3) is 0.211. The summed E-state index contributed by atoms with van der Waals surface area (Å²) in [5.74, 6) is 0.966. The van der Waals surface area contributed by atoms with Gasteiger partial charge < -0.3 is 10.2 Å². The number of hydrogen-bond donors (Lipinski definition) is 1. The summed E-state index contributed by atoms with van der Waals surface area (Å²) in [6.07, 6.45) is 2.17. The van der Waals surface area contributed by atoms with E-state index in [4.69, 9.17) is 0 Å². The zero-order valence-corrected chi connectivity index (χ0v) is 14.8. The van der Waals surface area contributed by atoms with Gasteiger partial charge in [0.15, 0.2) is 0 Å². The number of rotatable bonds is 4. The Morgan fingerprint density at radius 3 is 2.70 bits per heavy atom. The van der Waals surface area contributed by atoms with Crippen molar-refractivity contribution < 1.29 is 4.92 Å². The number of benzene rings is 1. The largest absolute Gasteiger partial charge is 0.353 e. The third kappa shape index (κ3) is 3.41. The van der Waals surface area contributed by atoms with E-state index in [-0.39, 0.29) is 11.5 Å². The Morgan fingerprint density at radius 2 is 1.93 bits per heavy atom. The van der Waals surface area contributed by atoms with Gasteiger partial charge in [0.25, 0.3) is 0 Å². The summed E-state index contributed by atoms with van der Waals surface area (Å²) in [6.45, 7) is 3.10. The minimum Gasteiger partial charge on any atom is -0.346 e. The number of fused-ring (bicyclic) bond motifs is 1. The van der Waals surface area contributed by atoms with Crippen LogP contribution in [0.25, 0.3) is 0 Å². The molecular formula is C19H18N6O2. The van der Waals surface area contributed by atoms with Crippen molar-refractivity contribution in [1.82, 2.24) is 15.0 Å². The number of nitrogens with one attached hydrogen (secondary N) is 1. The van der Waals surface area contributed by atoms with Gasteiger partial charge in [0, 0.05) is 18.8 Å². The van der Waals surface area contributed by atoms with Gasteiger partial charge in [0.1, 0.15) is 12.1 Å². The van der Waals surface area contributed by atoms with Gasteiger partial charge in [-0.1, -0.05) is 30.3 Å². The van der Waals surface area contributed by atoms with Crippen LogP contribution in [0.3, 0.4) is 0 Å². The normalized spacial score (nSPS) is 13.1. The zero-order valence-electron chi connectivity index (χ0n) is 14.8. The molecular weight excluding hydrogens is 344 g/mol. The lowest BCUT2D eigenvalue weighted by molar-refractivity contribution is -0.383. The molecule has 0 saturated heterocycles.